The highest BCUT2D eigenvalue weighted by Gasteiger charge is 2.14. The molecule has 0 aromatic heterocycles. The lowest BCUT2D eigenvalue weighted by molar-refractivity contribution is 0.0698. The maximum atomic E-state index is 12.3. The van der Waals surface area contributed by atoms with E-state index in [0.29, 0.717) is 17.9 Å². The van der Waals surface area contributed by atoms with E-state index in [1.165, 1.54) is 18.2 Å². The summed E-state index contributed by atoms with van der Waals surface area (Å²) >= 11 is 5.79. The van der Waals surface area contributed by atoms with Crippen molar-refractivity contribution in [1.29, 1.82) is 0 Å². The van der Waals surface area contributed by atoms with Gasteiger partial charge in [0.2, 0.25) is 0 Å². The highest BCUT2D eigenvalue weighted by Crippen LogP contribution is 2.22. The Hall–Kier alpha value is -2.53. The molecule has 2 aromatic rings. The van der Waals surface area contributed by atoms with E-state index in [0.717, 1.165) is 6.42 Å². The van der Waals surface area contributed by atoms with Crippen LogP contribution in [0.4, 0.5) is 5.69 Å². The van der Waals surface area contributed by atoms with Crippen molar-refractivity contribution >= 4 is 29.2 Å². The van der Waals surface area contributed by atoms with Gasteiger partial charge in [0.05, 0.1) is 17.9 Å². The van der Waals surface area contributed by atoms with E-state index in [1.54, 1.807) is 24.3 Å². The van der Waals surface area contributed by atoms with Gasteiger partial charge in [0.1, 0.15) is 5.75 Å². The van der Waals surface area contributed by atoms with Crippen molar-refractivity contribution in [2.24, 2.45) is 0 Å². The van der Waals surface area contributed by atoms with Crippen LogP contribution in [0, 0.1) is 0 Å². The number of carboxylic acid groups (broad SMARTS) is 1. The number of rotatable bonds is 6. The summed E-state index contributed by atoms with van der Waals surface area (Å²) in [5.41, 5.74) is 0.501. The summed E-state index contributed by atoms with van der Waals surface area (Å²) in [5.74, 6) is -0.992. The molecule has 0 bridgehead atoms. The number of aromatic carboxylic acids is 1. The second kappa shape index (κ2) is 7.65. The van der Waals surface area contributed by atoms with E-state index in [4.69, 9.17) is 16.3 Å². The third-order valence-corrected chi connectivity index (χ3v) is 3.26. The SMILES string of the molecule is CCCOc1cccc(C(=O)Nc2ccc(Cl)cc2C(=O)O)c1. The number of anilines is 1. The van der Waals surface area contributed by atoms with E-state index in [-0.39, 0.29) is 16.3 Å². The van der Waals surface area contributed by atoms with Crippen LogP contribution in [0.15, 0.2) is 42.5 Å². The average Bonchev–Trinajstić information content (AvgIpc) is 2.54. The summed E-state index contributed by atoms with van der Waals surface area (Å²) in [5, 5.41) is 12.1. The Morgan fingerprint density at radius 2 is 2.00 bits per heavy atom. The number of halogens is 1. The smallest absolute Gasteiger partial charge is 0.337 e. The van der Waals surface area contributed by atoms with Gasteiger partial charge in [0.15, 0.2) is 0 Å². The van der Waals surface area contributed by atoms with Gasteiger partial charge in [-0.15, -0.1) is 0 Å². The van der Waals surface area contributed by atoms with Crippen molar-refractivity contribution in [3.63, 3.8) is 0 Å². The molecule has 0 fully saturated rings. The van der Waals surface area contributed by atoms with Crippen LogP contribution in [-0.2, 0) is 0 Å². The molecule has 0 heterocycles. The van der Waals surface area contributed by atoms with Gasteiger partial charge in [-0.3, -0.25) is 4.79 Å². The predicted octanol–water partition coefficient (Wildman–Crippen LogP) is 4.08. The van der Waals surface area contributed by atoms with E-state index in [1.807, 2.05) is 6.92 Å². The molecule has 0 aliphatic rings. The Bertz CT molecular complexity index is 730. The average molecular weight is 334 g/mol. The normalized spacial score (nSPS) is 10.2. The van der Waals surface area contributed by atoms with Crippen LogP contribution >= 0.6 is 11.6 Å². The Morgan fingerprint density at radius 3 is 2.70 bits per heavy atom. The van der Waals surface area contributed by atoms with E-state index >= 15 is 0 Å². The van der Waals surface area contributed by atoms with Crippen LogP contribution in [0.1, 0.15) is 34.1 Å². The molecule has 0 spiro atoms. The zero-order valence-corrected chi connectivity index (χ0v) is 13.3. The molecule has 0 radical (unpaired) electrons. The summed E-state index contributed by atoms with van der Waals surface area (Å²) < 4.78 is 5.48. The number of carbonyl (C=O) groups is 2. The number of ether oxygens (including phenoxy) is 1. The lowest BCUT2D eigenvalue weighted by Gasteiger charge is -2.10. The van der Waals surface area contributed by atoms with E-state index < -0.39 is 11.9 Å². The van der Waals surface area contributed by atoms with Crippen LogP contribution < -0.4 is 10.1 Å². The molecule has 0 atom stereocenters. The lowest BCUT2D eigenvalue weighted by atomic mass is 10.1. The van der Waals surface area contributed by atoms with Gasteiger partial charge in [0, 0.05) is 10.6 Å². The third kappa shape index (κ3) is 4.47. The Labute approximate surface area is 138 Å². The number of hydrogen-bond donors (Lipinski definition) is 2. The summed E-state index contributed by atoms with van der Waals surface area (Å²) in [6, 6.07) is 11.0. The molecule has 0 unspecified atom stereocenters. The number of hydrogen-bond acceptors (Lipinski definition) is 3. The molecule has 120 valence electrons. The minimum atomic E-state index is -1.16. The van der Waals surface area contributed by atoms with Crippen molar-refractivity contribution in [3.05, 3.63) is 58.6 Å². The van der Waals surface area contributed by atoms with Gasteiger partial charge < -0.3 is 15.2 Å². The number of amides is 1. The highest BCUT2D eigenvalue weighted by molar-refractivity contribution is 6.31. The maximum Gasteiger partial charge on any atom is 0.337 e. The summed E-state index contributed by atoms with van der Waals surface area (Å²) in [4.78, 5) is 23.5. The Morgan fingerprint density at radius 1 is 1.22 bits per heavy atom. The maximum absolute atomic E-state index is 12.3. The molecule has 6 heteroatoms. The van der Waals surface area contributed by atoms with Crippen LogP contribution in [-0.4, -0.2) is 23.6 Å². The predicted molar refractivity (Wildman–Crippen MR) is 88.6 cm³/mol. The highest BCUT2D eigenvalue weighted by atomic mass is 35.5. The third-order valence-electron chi connectivity index (χ3n) is 3.03. The first-order valence-electron chi connectivity index (χ1n) is 7.08. The zero-order valence-electron chi connectivity index (χ0n) is 12.5. The molecule has 0 aliphatic heterocycles. The molecular weight excluding hydrogens is 318 g/mol. The molecule has 5 nitrogen and oxygen atoms in total. The Kier molecular flexibility index (Phi) is 5.60. The quantitative estimate of drug-likeness (QED) is 0.835. The first kappa shape index (κ1) is 16.8. The molecule has 2 aromatic carbocycles. The summed E-state index contributed by atoms with van der Waals surface area (Å²) in [6.07, 6.45) is 0.864. The summed E-state index contributed by atoms with van der Waals surface area (Å²) in [7, 11) is 0. The van der Waals surface area contributed by atoms with Gasteiger partial charge in [-0.25, -0.2) is 4.79 Å². The first-order chi connectivity index (χ1) is 11.0. The van der Waals surface area contributed by atoms with Gasteiger partial charge in [-0.05, 0) is 42.8 Å². The van der Waals surface area contributed by atoms with Crippen molar-refractivity contribution in [3.8, 4) is 5.75 Å². The minimum Gasteiger partial charge on any atom is -0.494 e. The largest absolute Gasteiger partial charge is 0.494 e. The van der Waals surface area contributed by atoms with Gasteiger partial charge in [0.25, 0.3) is 5.91 Å². The second-order valence-corrected chi connectivity index (χ2v) is 5.26. The Balaban J connectivity index is 2.21. The molecule has 2 rings (SSSR count). The monoisotopic (exact) mass is 333 g/mol. The van der Waals surface area contributed by atoms with Crippen LogP contribution in [0.2, 0.25) is 5.02 Å². The van der Waals surface area contributed by atoms with Crippen LogP contribution in [0.25, 0.3) is 0 Å². The summed E-state index contributed by atoms with van der Waals surface area (Å²) in [6.45, 7) is 2.55. The standard InChI is InChI=1S/C17H16ClNO4/c1-2-8-23-13-5-3-4-11(9-13)16(20)19-15-7-6-12(18)10-14(15)17(21)22/h3-7,9-10H,2,8H2,1H3,(H,19,20)(H,21,22). The van der Waals surface area contributed by atoms with Crippen molar-refractivity contribution < 1.29 is 19.4 Å². The second-order valence-electron chi connectivity index (χ2n) is 4.83. The van der Waals surface area contributed by atoms with Gasteiger partial charge in [-0.2, -0.15) is 0 Å². The number of nitrogens with one attached hydrogen (secondary N) is 1. The molecule has 2 N–H and O–H groups in total. The fourth-order valence-corrected chi connectivity index (χ4v) is 2.12. The number of benzene rings is 2. The molecule has 1 amide bonds. The van der Waals surface area contributed by atoms with Crippen molar-refractivity contribution in [2.75, 3.05) is 11.9 Å². The lowest BCUT2D eigenvalue weighted by Crippen LogP contribution is -2.15. The van der Waals surface area contributed by atoms with Crippen molar-refractivity contribution in [2.45, 2.75) is 13.3 Å². The molecule has 0 saturated heterocycles. The van der Waals surface area contributed by atoms with Crippen LogP contribution in [0.5, 0.6) is 5.75 Å². The van der Waals surface area contributed by atoms with Gasteiger partial charge >= 0.3 is 5.97 Å². The molecular formula is C17H16ClNO4. The molecule has 0 saturated carbocycles. The fourth-order valence-electron chi connectivity index (χ4n) is 1.94. The van der Waals surface area contributed by atoms with E-state index in [9.17, 15) is 14.7 Å². The number of carbonyl (C=O) groups excluding carboxylic acids is 1. The number of carboxylic acids is 1. The van der Waals surface area contributed by atoms with E-state index in [2.05, 4.69) is 5.32 Å². The zero-order chi connectivity index (χ0) is 16.8. The molecule has 23 heavy (non-hydrogen) atoms. The topological polar surface area (TPSA) is 75.6 Å². The minimum absolute atomic E-state index is 0.0655. The molecule has 0 aliphatic carbocycles. The first-order valence-corrected chi connectivity index (χ1v) is 7.46. The van der Waals surface area contributed by atoms with Crippen LogP contribution in [0.3, 0.4) is 0 Å². The van der Waals surface area contributed by atoms with Gasteiger partial charge in [-0.1, -0.05) is 24.6 Å². The fraction of sp³-hybridized carbons (Fsp3) is 0.176. The van der Waals surface area contributed by atoms with Crippen molar-refractivity contribution in [1.82, 2.24) is 0 Å².